The van der Waals surface area contributed by atoms with E-state index in [1.807, 2.05) is 0 Å². The minimum Gasteiger partial charge on any atom is -0.481 e. The molecule has 0 bridgehead atoms. The normalized spacial score (nSPS) is 21.4. The number of rotatable bonds is 4. The lowest BCUT2D eigenvalue weighted by atomic mass is 10.2. The van der Waals surface area contributed by atoms with Crippen molar-refractivity contribution in [2.24, 2.45) is 0 Å². The van der Waals surface area contributed by atoms with Gasteiger partial charge in [-0.15, -0.1) is 0 Å². The fraction of sp³-hybridized carbons (Fsp3) is 0.750. The van der Waals surface area contributed by atoms with Gasteiger partial charge in [0.1, 0.15) is 6.42 Å². The first kappa shape index (κ1) is 9.98. The number of hydrogen-bond donors (Lipinski definition) is 2. The second kappa shape index (κ2) is 4.81. The molecule has 1 aliphatic heterocycles. The Balaban J connectivity index is 2.10. The predicted octanol–water partition coefficient (Wildman–Crippen LogP) is -0.244. The summed E-state index contributed by atoms with van der Waals surface area (Å²) in [6.45, 7) is 1.16. The van der Waals surface area contributed by atoms with Crippen LogP contribution in [0.25, 0.3) is 0 Å². The zero-order valence-corrected chi connectivity index (χ0v) is 7.28. The molecular formula is C8H13NO4. The molecule has 74 valence electrons. The van der Waals surface area contributed by atoms with Crippen molar-refractivity contribution in [3.05, 3.63) is 0 Å². The number of carbonyl (C=O) groups is 2. The number of nitrogens with one attached hydrogen (secondary N) is 1. The summed E-state index contributed by atoms with van der Waals surface area (Å²) in [4.78, 5) is 21.0. The summed E-state index contributed by atoms with van der Waals surface area (Å²) in [6.07, 6.45) is 1.55. The van der Waals surface area contributed by atoms with Gasteiger partial charge in [0.25, 0.3) is 0 Å². The minimum absolute atomic E-state index is 0.0674. The standard InChI is InChI=1S/C8H13NO4/c10-7(4-8(11)12)9-5-6-2-1-3-13-6/h6H,1-5H2,(H,9,10)(H,11,12). The molecule has 1 fully saturated rings. The lowest BCUT2D eigenvalue weighted by molar-refractivity contribution is -0.140. The van der Waals surface area contributed by atoms with Crippen molar-refractivity contribution in [1.82, 2.24) is 5.32 Å². The SMILES string of the molecule is O=C(O)CC(=O)NCC1CCCO1. The molecule has 0 aromatic rings. The van der Waals surface area contributed by atoms with Crippen LogP contribution in [-0.4, -0.2) is 36.2 Å². The van der Waals surface area contributed by atoms with Crippen LogP contribution >= 0.6 is 0 Å². The van der Waals surface area contributed by atoms with E-state index in [0.717, 1.165) is 19.4 Å². The molecule has 13 heavy (non-hydrogen) atoms. The van der Waals surface area contributed by atoms with E-state index < -0.39 is 18.3 Å². The van der Waals surface area contributed by atoms with Crippen molar-refractivity contribution in [3.8, 4) is 0 Å². The van der Waals surface area contributed by atoms with Crippen molar-refractivity contribution in [3.63, 3.8) is 0 Å². The Morgan fingerprint density at radius 1 is 1.54 bits per heavy atom. The maximum Gasteiger partial charge on any atom is 0.312 e. The van der Waals surface area contributed by atoms with Crippen LogP contribution in [0.1, 0.15) is 19.3 Å². The summed E-state index contributed by atoms with van der Waals surface area (Å²) in [5.41, 5.74) is 0. The van der Waals surface area contributed by atoms with Crippen molar-refractivity contribution in [2.45, 2.75) is 25.4 Å². The zero-order valence-electron chi connectivity index (χ0n) is 7.28. The molecule has 1 rings (SSSR count). The van der Waals surface area contributed by atoms with Crippen molar-refractivity contribution in [2.75, 3.05) is 13.2 Å². The van der Waals surface area contributed by atoms with Gasteiger partial charge < -0.3 is 15.2 Å². The van der Waals surface area contributed by atoms with Gasteiger partial charge in [-0.2, -0.15) is 0 Å². The van der Waals surface area contributed by atoms with Crippen molar-refractivity contribution < 1.29 is 19.4 Å². The van der Waals surface area contributed by atoms with E-state index in [1.165, 1.54) is 0 Å². The smallest absolute Gasteiger partial charge is 0.312 e. The molecule has 1 atom stereocenters. The first-order valence-electron chi connectivity index (χ1n) is 4.28. The molecule has 1 amide bonds. The maximum atomic E-state index is 10.9. The van der Waals surface area contributed by atoms with Gasteiger partial charge in [0.2, 0.25) is 5.91 Å². The molecule has 1 unspecified atom stereocenters. The second-order valence-corrected chi connectivity index (χ2v) is 3.01. The Kier molecular flexibility index (Phi) is 3.70. The number of carboxylic acids is 1. The lowest BCUT2D eigenvalue weighted by Crippen LogP contribution is -2.32. The molecule has 0 spiro atoms. The molecule has 1 aliphatic rings. The van der Waals surface area contributed by atoms with Gasteiger partial charge in [-0.25, -0.2) is 0 Å². The highest BCUT2D eigenvalue weighted by Crippen LogP contribution is 2.10. The maximum absolute atomic E-state index is 10.9. The average molecular weight is 187 g/mol. The summed E-state index contributed by atoms with van der Waals surface area (Å²) in [6, 6.07) is 0. The number of ether oxygens (including phenoxy) is 1. The molecule has 5 heteroatoms. The molecule has 0 aliphatic carbocycles. The molecule has 0 radical (unpaired) electrons. The van der Waals surface area contributed by atoms with Gasteiger partial charge in [-0.05, 0) is 12.8 Å². The van der Waals surface area contributed by atoms with Gasteiger partial charge in [-0.3, -0.25) is 9.59 Å². The summed E-state index contributed by atoms with van der Waals surface area (Å²) >= 11 is 0. The van der Waals surface area contributed by atoms with E-state index in [-0.39, 0.29) is 6.10 Å². The highest BCUT2D eigenvalue weighted by molar-refractivity contribution is 5.93. The molecule has 2 N–H and O–H groups in total. The van der Waals surface area contributed by atoms with E-state index in [9.17, 15) is 9.59 Å². The van der Waals surface area contributed by atoms with Gasteiger partial charge in [-0.1, -0.05) is 0 Å². The molecular weight excluding hydrogens is 174 g/mol. The number of hydrogen-bond acceptors (Lipinski definition) is 3. The Morgan fingerprint density at radius 2 is 2.31 bits per heavy atom. The van der Waals surface area contributed by atoms with Crippen LogP contribution in [0.15, 0.2) is 0 Å². The molecule has 1 saturated heterocycles. The van der Waals surface area contributed by atoms with Crippen LogP contribution < -0.4 is 5.32 Å². The molecule has 0 aromatic heterocycles. The highest BCUT2D eigenvalue weighted by atomic mass is 16.5. The molecule has 5 nitrogen and oxygen atoms in total. The number of aliphatic carboxylic acids is 1. The molecule has 0 saturated carbocycles. The molecule has 0 aromatic carbocycles. The topological polar surface area (TPSA) is 75.6 Å². The lowest BCUT2D eigenvalue weighted by Gasteiger charge is -2.09. The van der Waals surface area contributed by atoms with Crippen LogP contribution in [0.3, 0.4) is 0 Å². The van der Waals surface area contributed by atoms with Gasteiger partial charge >= 0.3 is 5.97 Å². The number of carboxylic acid groups (broad SMARTS) is 1. The van der Waals surface area contributed by atoms with Gasteiger partial charge in [0, 0.05) is 13.2 Å². The third kappa shape index (κ3) is 3.89. The summed E-state index contributed by atoms with van der Waals surface area (Å²) in [5.74, 6) is -1.56. The predicted molar refractivity (Wildman–Crippen MR) is 44.2 cm³/mol. The summed E-state index contributed by atoms with van der Waals surface area (Å²) in [7, 11) is 0. The average Bonchev–Trinajstić information content (AvgIpc) is 2.51. The van der Waals surface area contributed by atoms with E-state index >= 15 is 0 Å². The van der Waals surface area contributed by atoms with Crippen LogP contribution in [0.5, 0.6) is 0 Å². The third-order valence-electron chi connectivity index (χ3n) is 1.86. The highest BCUT2D eigenvalue weighted by Gasteiger charge is 2.16. The zero-order chi connectivity index (χ0) is 9.68. The van der Waals surface area contributed by atoms with E-state index in [4.69, 9.17) is 9.84 Å². The summed E-state index contributed by atoms with van der Waals surface area (Å²) < 4.78 is 5.25. The fourth-order valence-corrected chi connectivity index (χ4v) is 1.23. The monoisotopic (exact) mass is 187 g/mol. The minimum atomic E-state index is -1.11. The summed E-state index contributed by atoms with van der Waals surface area (Å²) in [5, 5.41) is 10.8. The van der Waals surface area contributed by atoms with Crippen LogP contribution in [0, 0.1) is 0 Å². The Morgan fingerprint density at radius 3 is 2.85 bits per heavy atom. The van der Waals surface area contributed by atoms with Crippen molar-refractivity contribution >= 4 is 11.9 Å². The Bertz CT molecular complexity index is 198. The van der Waals surface area contributed by atoms with E-state index in [0.29, 0.717) is 6.54 Å². The van der Waals surface area contributed by atoms with Crippen LogP contribution in [0.2, 0.25) is 0 Å². The van der Waals surface area contributed by atoms with Crippen LogP contribution in [-0.2, 0) is 14.3 Å². The van der Waals surface area contributed by atoms with Gasteiger partial charge in [0.15, 0.2) is 0 Å². The van der Waals surface area contributed by atoms with Crippen molar-refractivity contribution in [1.29, 1.82) is 0 Å². The quantitative estimate of drug-likeness (QED) is 0.595. The second-order valence-electron chi connectivity index (χ2n) is 3.01. The number of amides is 1. The van der Waals surface area contributed by atoms with Crippen LogP contribution in [0.4, 0.5) is 0 Å². The number of carbonyl (C=O) groups excluding carboxylic acids is 1. The van der Waals surface area contributed by atoms with Gasteiger partial charge in [0.05, 0.1) is 6.10 Å². The van der Waals surface area contributed by atoms with E-state index in [1.54, 1.807) is 0 Å². The largest absolute Gasteiger partial charge is 0.481 e. The first-order valence-corrected chi connectivity index (χ1v) is 4.28. The Hall–Kier alpha value is -1.10. The first-order chi connectivity index (χ1) is 6.18. The third-order valence-corrected chi connectivity index (χ3v) is 1.86. The van der Waals surface area contributed by atoms with E-state index in [2.05, 4.69) is 5.32 Å². The Labute approximate surface area is 76.1 Å². The molecule has 1 heterocycles. The fourth-order valence-electron chi connectivity index (χ4n) is 1.23.